The highest BCUT2D eigenvalue weighted by Crippen LogP contribution is 2.11. The molecule has 1 aliphatic rings. The highest BCUT2D eigenvalue weighted by molar-refractivity contribution is 5.79. The minimum Gasteiger partial charge on any atom is -0.497 e. The number of guanidine groups is 1. The molecule has 6 nitrogen and oxygen atoms in total. The number of rotatable bonds is 8. The Balaban J connectivity index is 1.72. The molecule has 0 atom stereocenters. The molecule has 6 heteroatoms. The largest absolute Gasteiger partial charge is 0.497 e. The van der Waals surface area contributed by atoms with Crippen LogP contribution < -0.4 is 15.4 Å². The quantitative estimate of drug-likeness (QED) is 0.428. The van der Waals surface area contributed by atoms with Gasteiger partial charge in [-0.05, 0) is 37.6 Å². The summed E-state index contributed by atoms with van der Waals surface area (Å²) in [7, 11) is 1.68. The van der Waals surface area contributed by atoms with E-state index in [1.807, 2.05) is 24.3 Å². The zero-order chi connectivity index (χ0) is 17.0. The number of nitrogens with zero attached hydrogens (tertiary/aromatic N) is 2. The van der Waals surface area contributed by atoms with E-state index in [4.69, 9.17) is 9.47 Å². The number of methoxy groups -OCH3 is 1. The lowest BCUT2D eigenvalue weighted by Crippen LogP contribution is -2.40. The maximum Gasteiger partial charge on any atom is 0.191 e. The average molecular weight is 334 g/mol. The van der Waals surface area contributed by atoms with Gasteiger partial charge in [0.05, 0.1) is 26.9 Å². The van der Waals surface area contributed by atoms with E-state index in [0.717, 1.165) is 64.1 Å². The fourth-order valence-corrected chi connectivity index (χ4v) is 2.58. The highest BCUT2D eigenvalue weighted by atomic mass is 16.5. The Labute approximate surface area is 145 Å². The molecule has 0 amide bonds. The molecule has 2 N–H and O–H groups in total. The molecule has 1 fully saturated rings. The Kier molecular flexibility index (Phi) is 8.41. The fraction of sp³-hybridized carbons (Fsp3) is 0.611. The molecule has 1 aromatic rings. The van der Waals surface area contributed by atoms with E-state index < -0.39 is 0 Å². The molecular weight excluding hydrogens is 304 g/mol. The smallest absolute Gasteiger partial charge is 0.191 e. The number of ether oxygens (including phenoxy) is 2. The van der Waals surface area contributed by atoms with Gasteiger partial charge in [0.15, 0.2) is 5.96 Å². The van der Waals surface area contributed by atoms with Crippen LogP contribution in [0.4, 0.5) is 0 Å². The number of aliphatic imine (C=N–C) groups is 1. The van der Waals surface area contributed by atoms with Crippen LogP contribution in [0.15, 0.2) is 29.3 Å². The van der Waals surface area contributed by atoms with Crippen LogP contribution in [0.1, 0.15) is 18.9 Å². The van der Waals surface area contributed by atoms with Gasteiger partial charge in [-0.1, -0.05) is 12.1 Å². The summed E-state index contributed by atoms with van der Waals surface area (Å²) in [6.07, 6.45) is 1.10. The van der Waals surface area contributed by atoms with Crippen LogP contribution in [0.2, 0.25) is 0 Å². The lowest BCUT2D eigenvalue weighted by Gasteiger charge is -2.26. The highest BCUT2D eigenvalue weighted by Gasteiger charge is 2.09. The van der Waals surface area contributed by atoms with Crippen LogP contribution in [0, 0.1) is 0 Å². The number of morpholine rings is 1. The van der Waals surface area contributed by atoms with E-state index in [0.29, 0.717) is 6.54 Å². The van der Waals surface area contributed by atoms with Crippen LogP contribution in [0.5, 0.6) is 5.75 Å². The second kappa shape index (κ2) is 10.9. The first-order chi connectivity index (χ1) is 11.8. The van der Waals surface area contributed by atoms with Gasteiger partial charge >= 0.3 is 0 Å². The van der Waals surface area contributed by atoms with E-state index in [1.54, 1.807) is 7.11 Å². The first-order valence-electron chi connectivity index (χ1n) is 8.77. The van der Waals surface area contributed by atoms with Gasteiger partial charge in [0.2, 0.25) is 0 Å². The second-order valence-corrected chi connectivity index (χ2v) is 5.78. The van der Waals surface area contributed by atoms with Crippen molar-refractivity contribution in [2.24, 2.45) is 4.99 Å². The summed E-state index contributed by atoms with van der Waals surface area (Å²) in [6.45, 7) is 9.44. The Hall–Kier alpha value is -1.79. The molecule has 0 bridgehead atoms. The Bertz CT molecular complexity index is 484. The van der Waals surface area contributed by atoms with Crippen LogP contribution >= 0.6 is 0 Å². The summed E-state index contributed by atoms with van der Waals surface area (Å²) in [5, 5.41) is 6.70. The summed E-state index contributed by atoms with van der Waals surface area (Å²) in [4.78, 5) is 7.09. The first kappa shape index (κ1) is 18.5. The van der Waals surface area contributed by atoms with Gasteiger partial charge in [-0.25, -0.2) is 4.99 Å². The molecular formula is C18H30N4O2. The second-order valence-electron chi connectivity index (χ2n) is 5.78. The third-order valence-electron chi connectivity index (χ3n) is 3.97. The van der Waals surface area contributed by atoms with E-state index in [1.165, 1.54) is 5.56 Å². The zero-order valence-corrected chi connectivity index (χ0v) is 14.9. The third kappa shape index (κ3) is 6.76. The van der Waals surface area contributed by atoms with Crippen molar-refractivity contribution in [2.45, 2.75) is 19.9 Å². The first-order valence-corrected chi connectivity index (χ1v) is 8.77. The molecule has 0 radical (unpaired) electrons. The van der Waals surface area contributed by atoms with E-state index >= 15 is 0 Å². The maximum absolute atomic E-state index is 5.37. The molecule has 0 spiro atoms. The molecule has 134 valence electrons. The van der Waals surface area contributed by atoms with Crippen molar-refractivity contribution in [2.75, 3.05) is 53.0 Å². The summed E-state index contributed by atoms with van der Waals surface area (Å²) in [6, 6.07) is 8.02. The molecule has 0 saturated carbocycles. The maximum atomic E-state index is 5.37. The van der Waals surface area contributed by atoms with Crippen LogP contribution in [0.25, 0.3) is 0 Å². The summed E-state index contributed by atoms with van der Waals surface area (Å²) >= 11 is 0. The van der Waals surface area contributed by atoms with Crippen molar-refractivity contribution in [1.82, 2.24) is 15.5 Å². The van der Waals surface area contributed by atoms with E-state index in [2.05, 4.69) is 27.4 Å². The predicted octanol–water partition coefficient (Wildman–Crippen LogP) is 1.47. The third-order valence-corrected chi connectivity index (χ3v) is 3.97. The van der Waals surface area contributed by atoms with Crippen LogP contribution in [-0.4, -0.2) is 63.9 Å². The van der Waals surface area contributed by atoms with Crippen LogP contribution in [0.3, 0.4) is 0 Å². The molecule has 0 aromatic heterocycles. The number of nitrogens with one attached hydrogen (secondary N) is 2. The van der Waals surface area contributed by atoms with E-state index in [-0.39, 0.29) is 0 Å². The van der Waals surface area contributed by atoms with Gasteiger partial charge in [0, 0.05) is 26.2 Å². The molecule has 1 aromatic carbocycles. The van der Waals surface area contributed by atoms with Crippen molar-refractivity contribution in [3.05, 3.63) is 29.8 Å². The molecule has 1 saturated heterocycles. The lowest BCUT2D eigenvalue weighted by atomic mass is 10.2. The van der Waals surface area contributed by atoms with Gasteiger partial charge in [0.1, 0.15) is 5.75 Å². The minimum absolute atomic E-state index is 0.656. The Morgan fingerprint density at radius 3 is 2.62 bits per heavy atom. The summed E-state index contributed by atoms with van der Waals surface area (Å²) in [5.74, 6) is 1.74. The molecule has 1 heterocycles. The predicted molar refractivity (Wildman–Crippen MR) is 97.7 cm³/mol. The van der Waals surface area contributed by atoms with Gasteiger partial charge in [-0.3, -0.25) is 4.90 Å². The molecule has 1 aliphatic heterocycles. The average Bonchev–Trinajstić information content (AvgIpc) is 2.64. The van der Waals surface area contributed by atoms with Gasteiger partial charge in [-0.15, -0.1) is 0 Å². The monoisotopic (exact) mass is 334 g/mol. The standard InChI is InChI=1S/C18H30N4O2/c1-3-19-18(20-9-4-10-22-11-13-24-14-12-22)21-15-16-5-7-17(23-2)8-6-16/h5-8H,3-4,9-15H2,1-2H3,(H2,19,20,21). The van der Waals surface area contributed by atoms with Crippen molar-refractivity contribution in [3.8, 4) is 5.75 Å². The fourth-order valence-electron chi connectivity index (χ4n) is 2.58. The lowest BCUT2D eigenvalue weighted by molar-refractivity contribution is 0.0376. The van der Waals surface area contributed by atoms with Gasteiger partial charge in [-0.2, -0.15) is 0 Å². The van der Waals surface area contributed by atoms with Crippen molar-refractivity contribution in [1.29, 1.82) is 0 Å². The molecule has 0 aliphatic carbocycles. The van der Waals surface area contributed by atoms with Gasteiger partial charge < -0.3 is 20.1 Å². The molecule has 24 heavy (non-hydrogen) atoms. The summed E-state index contributed by atoms with van der Waals surface area (Å²) in [5.41, 5.74) is 1.17. The van der Waals surface area contributed by atoms with Crippen molar-refractivity contribution in [3.63, 3.8) is 0 Å². The number of hydrogen-bond acceptors (Lipinski definition) is 4. The molecule has 2 rings (SSSR count). The SMILES string of the molecule is CCNC(=NCc1ccc(OC)cc1)NCCCN1CCOCC1. The topological polar surface area (TPSA) is 58.1 Å². The summed E-state index contributed by atoms with van der Waals surface area (Å²) < 4.78 is 10.5. The normalized spacial score (nSPS) is 16.0. The number of benzene rings is 1. The van der Waals surface area contributed by atoms with Crippen LogP contribution in [-0.2, 0) is 11.3 Å². The van der Waals surface area contributed by atoms with E-state index in [9.17, 15) is 0 Å². The Morgan fingerprint density at radius 2 is 1.96 bits per heavy atom. The van der Waals surface area contributed by atoms with Crippen molar-refractivity contribution >= 4 is 5.96 Å². The Morgan fingerprint density at radius 1 is 1.21 bits per heavy atom. The molecule has 0 unspecified atom stereocenters. The zero-order valence-electron chi connectivity index (χ0n) is 14.9. The van der Waals surface area contributed by atoms with Crippen molar-refractivity contribution < 1.29 is 9.47 Å². The number of hydrogen-bond donors (Lipinski definition) is 2. The minimum atomic E-state index is 0.656. The van der Waals surface area contributed by atoms with Gasteiger partial charge in [0.25, 0.3) is 0 Å².